The van der Waals surface area contributed by atoms with Crippen LogP contribution < -0.4 is 10.9 Å². The van der Waals surface area contributed by atoms with E-state index in [-0.39, 0.29) is 11.5 Å². The number of aryl methyl sites for hydroxylation is 2. The Bertz CT molecular complexity index is 833. The first kappa shape index (κ1) is 17.0. The van der Waals surface area contributed by atoms with Crippen LogP contribution in [0.5, 0.6) is 0 Å². The van der Waals surface area contributed by atoms with Crippen molar-refractivity contribution in [2.24, 2.45) is 0 Å². The van der Waals surface area contributed by atoms with Crippen LogP contribution in [-0.2, 0) is 19.4 Å². The lowest BCUT2D eigenvalue weighted by Crippen LogP contribution is -2.33. The predicted octanol–water partition coefficient (Wildman–Crippen LogP) is 2.86. The number of carbonyl (C=O) groups excluding carboxylic acids is 1. The Morgan fingerprint density at radius 3 is 2.75 bits per heavy atom. The molecule has 0 spiro atoms. The molecule has 0 fully saturated rings. The molecule has 7 heteroatoms. The fourth-order valence-electron chi connectivity index (χ4n) is 2.78. The number of benzene rings is 1. The van der Waals surface area contributed by atoms with Gasteiger partial charge in [-0.1, -0.05) is 23.2 Å². The van der Waals surface area contributed by atoms with Crippen molar-refractivity contribution in [3.63, 3.8) is 0 Å². The number of hydrogen-bond acceptors (Lipinski definition) is 3. The van der Waals surface area contributed by atoms with Gasteiger partial charge in [-0.3, -0.25) is 9.59 Å². The van der Waals surface area contributed by atoms with Crippen molar-refractivity contribution in [3.8, 4) is 0 Å². The molecule has 1 aliphatic rings. The van der Waals surface area contributed by atoms with Gasteiger partial charge < -0.3 is 5.32 Å². The number of nitrogens with zero attached hydrogens (tertiary/aromatic N) is 2. The van der Waals surface area contributed by atoms with Gasteiger partial charge in [0.25, 0.3) is 11.5 Å². The Kier molecular flexibility index (Phi) is 5.21. The molecule has 0 atom stereocenters. The first-order valence-electron chi connectivity index (χ1n) is 7.88. The molecule has 3 rings (SSSR count). The van der Waals surface area contributed by atoms with Gasteiger partial charge in [-0.05, 0) is 49.4 Å². The van der Waals surface area contributed by atoms with Crippen LogP contribution in [0.2, 0.25) is 10.0 Å². The molecule has 1 aromatic carbocycles. The second-order valence-electron chi connectivity index (χ2n) is 5.77. The van der Waals surface area contributed by atoms with Crippen LogP contribution in [0.3, 0.4) is 0 Å². The van der Waals surface area contributed by atoms with Crippen molar-refractivity contribution in [2.75, 3.05) is 6.54 Å². The van der Waals surface area contributed by atoms with Crippen molar-refractivity contribution >= 4 is 29.1 Å². The summed E-state index contributed by atoms with van der Waals surface area (Å²) in [5.74, 6) is -0.264. The monoisotopic (exact) mass is 365 g/mol. The molecule has 2 aromatic rings. The lowest BCUT2D eigenvalue weighted by Gasteiger charge is -2.16. The summed E-state index contributed by atoms with van der Waals surface area (Å²) in [7, 11) is 0. The van der Waals surface area contributed by atoms with Crippen molar-refractivity contribution < 1.29 is 4.79 Å². The van der Waals surface area contributed by atoms with Gasteiger partial charge in [-0.15, -0.1) is 0 Å². The molecular weight excluding hydrogens is 349 g/mol. The largest absolute Gasteiger partial charge is 0.350 e. The van der Waals surface area contributed by atoms with Crippen LogP contribution in [0.4, 0.5) is 0 Å². The zero-order chi connectivity index (χ0) is 17.1. The molecule has 0 unspecified atom stereocenters. The summed E-state index contributed by atoms with van der Waals surface area (Å²) in [5.41, 5.74) is 2.36. The van der Waals surface area contributed by atoms with Gasteiger partial charge in [0.15, 0.2) is 0 Å². The van der Waals surface area contributed by atoms with E-state index in [1.165, 1.54) is 10.7 Å². The van der Waals surface area contributed by atoms with Crippen LogP contribution in [0.15, 0.2) is 29.1 Å². The molecule has 1 heterocycles. The Balaban J connectivity index is 1.63. The SMILES string of the molecule is O=C(NCCn1nc2c(cc1=O)CCCC2)c1ccc(Cl)c(Cl)c1. The van der Waals surface area contributed by atoms with E-state index >= 15 is 0 Å². The smallest absolute Gasteiger partial charge is 0.267 e. The molecule has 5 nitrogen and oxygen atoms in total. The van der Waals surface area contributed by atoms with Gasteiger partial charge in [-0.25, -0.2) is 4.68 Å². The Labute approximate surface area is 149 Å². The summed E-state index contributed by atoms with van der Waals surface area (Å²) < 4.78 is 1.42. The maximum Gasteiger partial charge on any atom is 0.267 e. The predicted molar refractivity (Wildman–Crippen MR) is 93.9 cm³/mol. The lowest BCUT2D eigenvalue weighted by molar-refractivity contribution is 0.0951. The quantitative estimate of drug-likeness (QED) is 0.905. The van der Waals surface area contributed by atoms with Crippen molar-refractivity contribution in [2.45, 2.75) is 32.2 Å². The van der Waals surface area contributed by atoms with Crippen molar-refractivity contribution in [3.05, 3.63) is 61.5 Å². The minimum atomic E-state index is -0.264. The zero-order valence-electron chi connectivity index (χ0n) is 13.0. The number of amides is 1. The molecule has 0 bridgehead atoms. The summed E-state index contributed by atoms with van der Waals surface area (Å²) in [6.07, 6.45) is 4.04. The summed E-state index contributed by atoms with van der Waals surface area (Å²) in [6.45, 7) is 0.643. The third-order valence-electron chi connectivity index (χ3n) is 4.06. The Morgan fingerprint density at radius 2 is 1.96 bits per heavy atom. The molecule has 0 saturated carbocycles. The second kappa shape index (κ2) is 7.36. The zero-order valence-corrected chi connectivity index (χ0v) is 14.5. The fraction of sp³-hybridized carbons (Fsp3) is 0.353. The minimum absolute atomic E-state index is 0.126. The van der Waals surface area contributed by atoms with Crippen molar-refractivity contribution in [1.82, 2.24) is 15.1 Å². The number of fused-ring (bicyclic) bond motifs is 1. The van der Waals surface area contributed by atoms with Crippen LogP contribution >= 0.6 is 23.2 Å². The molecule has 1 N–H and O–H groups in total. The van der Waals surface area contributed by atoms with Crippen LogP contribution in [0.1, 0.15) is 34.5 Å². The summed E-state index contributed by atoms with van der Waals surface area (Å²) in [4.78, 5) is 24.2. The van der Waals surface area contributed by atoms with E-state index in [2.05, 4.69) is 10.4 Å². The highest BCUT2D eigenvalue weighted by Gasteiger charge is 2.13. The first-order valence-corrected chi connectivity index (χ1v) is 8.63. The standard InChI is InChI=1S/C17H17Cl2N3O2/c18-13-6-5-12(9-14(13)19)17(24)20-7-8-22-16(23)10-11-3-1-2-4-15(11)21-22/h5-6,9-10H,1-4,7-8H2,(H,20,24). The number of hydrogen-bond donors (Lipinski definition) is 1. The van der Waals surface area contributed by atoms with Crippen LogP contribution in [0.25, 0.3) is 0 Å². The Morgan fingerprint density at radius 1 is 1.17 bits per heavy atom. The molecule has 0 radical (unpaired) electrons. The van der Waals surface area contributed by atoms with Crippen LogP contribution in [0, 0.1) is 0 Å². The summed E-state index contributed by atoms with van der Waals surface area (Å²) in [6, 6.07) is 6.37. The van der Waals surface area contributed by atoms with E-state index < -0.39 is 0 Å². The van der Waals surface area contributed by atoms with Crippen molar-refractivity contribution in [1.29, 1.82) is 0 Å². The van der Waals surface area contributed by atoms with E-state index in [1.54, 1.807) is 18.2 Å². The van der Waals surface area contributed by atoms with E-state index in [4.69, 9.17) is 23.2 Å². The second-order valence-corrected chi connectivity index (χ2v) is 6.58. The number of aromatic nitrogens is 2. The molecule has 126 valence electrons. The molecule has 1 amide bonds. The van der Waals surface area contributed by atoms with E-state index in [9.17, 15) is 9.59 Å². The molecule has 0 aliphatic heterocycles. The summed E-state index contributed by atoms with van der Waals surface area (Å²) >= 11 is 11.7. The van der Waals surface area contributed by atoms with E-state index in [1.807, 2.05) is 0 Å². The minimum Gasteiger partial charge on any atom is -0.350 e. The molecular formula is C17H17Cl2N3O2. The number of rotatable bonds is 4. The van der Waals surface area contributed by atoms with Gasteiger partial charge in [0, 0.05) is 18.2 Å². The molecule has 1 aliphatic carbocycles. The fourth-order valence-corrected chi connectivity index (χ4v) is 3.07. The number of halogens is 2. The maximum atomic E-state index is 12.1. The highest BCUT2D eigenvalue weighted by Crippen LogP contribution is 2.22. The van der Waals surface area contributed by atoms with Crippen LogP contribution in [-0.4, -0.2) is 22.2 Å². The third-order valence-corrected chi connectivity index (χ3v) is 4.80. The van der Waals surface area contributed by atoms with Gasteiger partial charge in [0.2, 0.25) is 0 Å². The highest BCUT2D eigenvalue weighted by molar-refractivity contribution is 6.42. The van der Waals surface area contributed by atoms with Gasteiger partial charge in [0.1, 0.15) is 0 Å². The maximum absolute atomic E-state index is 12.1. The normalized spacial score (nSPS) is 13.4. The third kappa shape index (κ3) is 3.79. The average Bonchev–Trinajstić information content (AvgIpc) is 2.57. The lowest BCUT2D eigenvalue weighted by atomic mass is 9.97. The first-order chi connectivity index (χ1) is 11.5. The molecule has 24 heavy (non-hydrogen) atoms. The highest BCUT2D eigenvalue weighted by atomic mass is 35.5. The van der Waals surface area contributed by atoms with Gasteiger partial charge in [0.05, 0.1) is 22.3 Å². The number of carbonyl (C=O) groups is 1. The van der Waals surface area contributed by atoms with Gasteiger partial charge in [-0.2, -0.15) is 5.10 Å². The topological polar surface area (TPSA) is 64.0 Å². The van der Waals surface area contributed by atoms with E-state index in [0.29, 0.717) is 28.7 Å². The average molecular weight is 366 g/mol. The number of nitrogens with one attached hydrogen (secondary N) is 1. The summed E-state index contributed by atoms with van der Waals surface area (Å²) in [5, 5.41) is 7.91. The van der Waals surface area contributed by atoms with Gasteiger partial charge >= 0.3 is 0 Å². The molecule has 1 aromatic heterocycles. The molecule has 0 saturated heterocycles. The van der Waals surface area contributed by atoms with E-state index in [0.717, 1.165) is 36.9 Å². The Hall–Kier alpha value is -1.85.